The number of hydrogen-bond donors (Lipinski definition) is 1. The molecule has 1 fully saturated rings. The highest BCUT2D eigenvalue weighted by molar-refractivity contribution is 7.10. The summed E-state index contributed by atoms with van der Waals surface area (Å²) in [6, 6.07) is 8.77. The molecule has 0 atom stereocenters. The van der Waals surface area contributed by atoms with Crippen LogP contribution in [0.25, 0.3) is 11.3 Å². The Labute approximate surface area is 178 Å². The lowest BCUT2D eigenvalue weighted by Gasteiger charge is -2.32. The monoisotopic (exact) mass is 425 g/mol. The van der Waals surface area contributed by atoms with Crippen molar-refractivity contribution in [3.63, 3.8) is 0 Å². The average molecular weight is 426 g/mol. The highest BCUT2D eigenvalue weighted by Gasteiger charge is 2.28. The Bertz CT molecular complexity index is 1040. The number of nitrogens with one attached hydrogen (secondary N) is 1. The largest absolute Gasteiger partial charge is 0.355 e. The van der Waals surface area contributed by atoms with E-state index in [-0.39, 0.29) is 11.7 Å². The van der Waals surface area contributed by atoms with Crippen molar-refractivity contribution in [2.24, 2.45) is 5.92 Å². The number of piperidine rings is 1. The van der Waals surface area contributed by atoms with Crippen molar-refractivity contribution in [1.29, 1.82) is 0 Å². The van der Waals surface area contributed by atoms with Crippen LogP contribution in [-0.2, 0) is 19.4 Å². The van der Waals surface area contributed by atoms with Gasteiger partial charge in [0.05, 0.1) is 0 Å². The number of likely N-dealkylation sites (tertiary alicyclic amines) is 1. The lowest BCUT2D eigenvalue weighted by Crippen LogP contribution is -2.38. The van der Waals surface area contributed by atoms with Crippen molar-refractivity contribution in [3.8, 4) is 11.3 Å². The van der Waals surface area contributed by atoms with E-state index in [1.165, 1.54) is 17.0 Å². The SMILES string of the molecule is O=C(NCC1CCN(Cc2ccc(F)cc2)CC1)c1noc2c1CCc1sccc1-2. The van der Waals surface area contributed by atoms with Crippen molar-refractivity contribution < 1.29 is 13.7 Å². The van der Waals surface area contributed by atoms with Crippen LogP contribution in [0.3, 0.4) is 0 Å². The van der Waals surface area contributed by atoms with Gasteiger partial charge < -0.3 is 9.84 Å². The molecular formula is C23H24FN3O2S. The molecule has 156 valence electrons. The fraction of sp³-hybridized carbons (Fsp3) is 0.391. The number of carbonyl (C=O) groups is 1. The number of fused-ring (bicyclic) bond motifs is 3. The van der Waals surface area contributed by atoms with Crippen LogP contribution in [0.1, 0.15) is 39.3 Å². The van der Waals surface area contributed by atoms with E-state index in [2.05, 4.69) is 20.8 Å². The van der Waals surface area contributed by atoms with Gasteiger partial charge in [-0.3, -0.25) is 9.69 Å². The van der Waals surface area contributed by atoms with Crippen LogP contribution in [0, 0.1) is 11.7 Å². The molecule has 0 saturated carbocycles. The fourth-order valence-electron chi connectivity index (χ4n) is 4.42. The van der Waals surface area contributed by atoms with Crippen LogP contribution >= 0.6 is 11.3 Å². The maximum absolute atomic E-state index is 13.1. The highest BCUT2D eigenvalue weighted by atomic mass is 32.1. The van der Waals surface area contributed by atoms with Gasteiger partial charge >= 0.3 is 0 Å². The van der Waals surface area contributed by atoms with E-state index in [1.807, 2.05) is 18.2 Å². The Kier molecular flexibility index (Phi) is 5.39. The zero-order valence-electron chi connectivity index (χ0n) is 16.7. The van der Waals surface area contributed by atoms with Gasteiger partial charge in [-0.1, -0.05) is 17.3 Å². The molecule has 5 rings (SSSR count). The third-order valence-electron chi connectivity index (χ3n) is 6.17. The number of thiophene rings is 1. The molecule has 2 aromatic heterocycles. The molecule has 3 heterocycles. The van der Waals surface area contributed by atoms with Gasteiger partial charge in [0, 0.05) is 29.1 Å². The molecule has 5 nitrogen and oxygen atoms in total. The lowest BCUT2D eigenvalue weighted by molar-refractivity contribution is 0.0925. The van der Waals surface area contributed by atoms with Crippen molar-refractivity contribution >= 4 is 17.2 Å². The van der Waals surface area contributed by atoms with Gasteiger partial charge in [-0.05, 0) is 73.8 Å². The molecule has 0 spiro atoms. The number of aryl methyl sites for hydroxylation is 1. The van der Waals surface area contributed by atoms with E-state index in [1.54, 1.807) is 11.3 Å². The van der Waals surface area contributed by atoms with Gasteiger partial charge in [0.1, 0.15) is 5.82 Å². The smallest absolute Gasteiger partial charge is 0.273 e. The molecule has 0 radical (unpaired) electrons. The zero-order chi connectivity index (χ0) is 20.5. The first-order valence-electron chi connectivity index (χ1n) is 10.5. The van der Waals surface area contributed by atoms with Crippen LogP contribution in [0.15, 0.2) is 40.2 Å². The fourth-order valence-corrected chi connectivity index (χ4v) is 5.30. The number of aromatic nitrogens is 1. The van der Waals surface area contributed by atoms with E-state index in [0.29, 0.717) is 18.2 Å². The van der Waals surface area contributed by atoms with E-state index in [4.69, 9.17) is 4.52 Å². The highest BCUT2D eigenvalue weighted by Crippen LogP contribution is 2.38. The molecule has 1 aliphatic heterocycles. The van der Waals surface area contributed by atoms with Gasteiger partial charge in [-0.25, -0.2) is 4.39 Å². The Hall–Kier alpha value is -2.51. The summed E-state index contributed by atoms with van der Waals surface area (Å²) in [6.07, 6.45) is 3.82. The van der Waals surface area contributed by atoms with Gasteiger partial charge in [-0.15, -0.1) is 11.3 Å². The van der Waals surface area contributed by atoms with Gasteiger partial charge in [0.15, 0.2) is 11.5 Å². The van der Waals surface area contributed by atoms with Gasteiger partial charge in [-0.2, -0.15) is 0 Å². The standard InChI is InChI=1S/C23H24FN3O2S/c24-17-3-1-16(2-4-17)14-27-10-7-15(8-11-27)13-25-23(28)21-19-5-6-20-18(9-12-30-20)22(19)29-26-21/h1-4,9,12,15H,5-8,10-11,13-14H2,(H,25,28). The van der Waals surface area contributed by atoms with E-state index in [9.17, 15) is 9.18 Å². The molecule has 1 saturated heterocycles. The molecular weight excluding hydrogens is 401 g/mol. The molecule has 1 aromatic carbocycles. The number of hydrogen-bond acceptors (Lipinski definition) is 5. The molecule has 1 aliphatic carbocycles. The molecule has 2 aliphatic rings. The minimum absolute atomic E-state index is 0.132. The van der Waals surface area contributed by atoms with Crippen LogP contribution in [-0.4, -0.2) is 35.6 Å². The van der Waals surface area contributed by atoms with Crippen LogP contribution < -0.4 is 5.32 Å². The third-order valence-corrected chi connectivity index (χ3v) is 7.15. The molecule has 1 N–H and O–H groups in total. The topological polar surface area (TPSA) is 58.4 Å². The first-order valence-corrected chi connectivity index (χ1v) is 11.4. The van der Waals surface area contributed by atoms with Crippen LogP contribution in [0.4, 0.5) is 4.39 Å². The predicted octanol–water partition coefficient (Wildman–Crippen LogP) is 4.28. The first kappa shape index (κ1) is 19.5. The normalized spacial score (nSPS) is 16.8. The van der Waals surface area contributed by atoms with Crippen molar-refractivity contribution in [1.82, 2.24) is 15.4 Å². The first-order chi connectivity index (χ1) is 14.7. The maximum Gasteiger partial charge on any atom is 0.273 e. The maximum atomic E-state index is 13.1. The van der Waals surface area contributed by atoms with Crippen molar-refractivity contribution in [2.45, 2.75) is 32.2 Å². The van der Waals surface area contributed by atoms with Gasteiger partial charge in [0.25, 0.3) is 5.91 Å². The lowest BCUT2D eigenvalue weighted by atomic mass is 9.94. The molecule has 1 amide bonds. The molecule has 3 aromatic rings. The predicted molar refractivity (Wildman–Crippen MR) is 114 cm³/mol. The minimum Gasteiger partial charge on any atom is -0.355 e. The second-order valence-electron chi connectivity index (χ2n) is 8.15. The summed E-state index contributed by atoms with van der Waals surface area (Å²) >= 11 is 1.73. The van der Waals surface area contributed by atoms with Crippen molar-refractivity contribution in [3.05, 3.63) is 63.2 Å². The summed E-state index contributed by atoms with van der Waals surface area (Å²) in [5, 5.41) is 9.22. The number of amides is 1. The number of carbonyl (C=O) groups excluding carboxylic acids is 1. The van der Waals surface area contributed by atoms with E-state index < -0.39 is 0 Å². The molecule has 0 unspecified atom stereocenters. The number of nitrogens with zero attached hydrogens (tertiary/aromatic N) is 2. The minimum atomic E-state index is -0.197. The Balaban J connectivity index is 1.13. The van der Waals surface area contributed by atoms with E-state index in [0.717, 1.165) is 67.8 Å². The zero-order valence-corrected chi connectivity index (χ0v) is 17.5. The van der Waals surface area contributed by atoms with Crippen LogP contribution in [0.2, 0.25) is 0 Å². The molecule has 7 heteroatoms. The summed E-state index contributed by atoms with van der Waals surface area (Å²) in [6.45, 7) is 3.47. The number of halogens is 1. The van der Waals surface area contributed by atoms with Crippen molar-refractivity contribution in [2.75, 3.05) is 19.6 Å². The third kappa shape index (κ3) is 3.91. The second kappa shape index (κ2) is 8.32. The number of rotatable bonds is 5. The Morgan fingerprint density at radius 1 is 1.20 bits per heavy atom. The Morgan fingerprint density at radius 3 is 2.80 bits per heavy atom. The molecule has 30 heavy (non-hydrogen) atoms. The van der Waals surface area contributed by atoms with Crippen LogP contribution in [0.5, 0.6) is 0 Å². The Morgan fingerprint density at radius 2 is 2.00 bits per heavy atom. The second-order valence-corrected chi connectivity index (χ2v) is 9.15. The summed E-state index contributed by atoms with van der Waals surface area (Å²) in [5.74, 6) is 0.895. The summed E-state index contributed by atoms with van der Waals surface area (Å²) in [5.41, 5.74) is 3.59. The summed E-state index contributed by atoms with van der Waals surface area (Å²) < 4.78 is 18.6. The average Bonchev–Trinajstić information content (AvgIpc) is 3.41. The molecule has 0 bridgehead atoms. The quantitative estimate of drug-likeness (QED) is 0.663. The summed E-state index contributed by atoms with van der Waals surface area (Å²) in [7, 11) is 0. The van der Waals surface area contributed by atoms with Gasteiger partial charge in [0.2, 0.25) is 0 Å². The summed E-state index contributed by atoms with van der Waals surface area (Å²) in [4.78, 5) is 16.4. The number of benzene rings is 1. The van der Waals surface area contributed by atoms with E-state index >= 15 is 0 Å².